The zero-order chi connectivity index (χ0) is 9.78. The number of hydrogen-bond acceptors (Lipinski definition) is 4. The van der Waals surface area contributed by atoms with Crippen LogP contribution in [0.2, 0.25) is 0 Å². The summed E-state index contributed by atoms with van der Waals surface area (Å²) in [6.45, 7) is 3.46. The van der Waals surface area contributed by atoms with Crippen molar-refractivity contribution < 1.29 is 8.42 Å². The fourth-order valence-corrected chi connectivity index (χ4v) is 1.84. The Labute approximate surface area is 78.3 Å². The molecule has 3 nitrogen and oxygen atoms in total. The lowest BCUT2D eigenvalue weighted by molar-refractivity contribution is 0.602. The molecule has 0 amide bonds. The predicted molar refractivity (Wildman–Crippen MR) is 55.0 cm³/mol. The van der Waals surface area contributed by atoms with Gasteiger partial charge in [-0.3, -0.25) is 0 Å². The van der Waals surface area contributed by atoms with Crippen LogP contribution < -0.4 is 5.73 Å². The summed E-state index contributed by atoms with van der Waals surface area (Å²) < 4.78 is 21.9. The summed E-state index contributed by atoms with van der Waals surface area (Å²) in [6.07, 6.45) is 3.75. The van der Waals surface area contributed by atoms with Crippen molar-refractivity contribution in [1.29, 1.82) is 0 Å². The van der Waals surface area contributed by atoms with Crippen molar-refractivity contribution in [3.63, 3.8) is 0 Å². The van der Waals surface area contributed by atoms with Gasteiger partial charge in [-0.05, 0) is 18.4 Å². The maximum Gasteiger partial charge on any atom is 0.172 e. The van der Waals surface area contributed by atoms with Gasteiger partial charge in [0.2, 0.25) is 0 Å². The van der Waals surface area contributed by atoms with E-state index in [1.165, 1.54) is 0 Å². The zero-order valence-electron chi connectivity index (χ0n) is 7.41. The maximum atomic E-state index is 10.9. The Morgan fingerprint density at radius 2 is 2.17 bits per heavy atom. The SMILES string of the molecule is C=C([C@@H](N)CCSC)S(C)(=O)=O. The van der Waals surface area contributed by atoms with Crippen LogP contribution in [0.15, 0.2) is 11.5 Å². The molecule has 0 spiro atoms. The molecule has 0 unspecified atom stereocenters. The molecule has 5 heteroatoms. The van der Waals surface area contributed by atoms with Crippen LogP contribution in [-0.2, 0) is 9.84 Å². The molecule has 0 saturated carbocycles. The lowest BCUT2D eigenvalue weighted by Gasteiger charge is -2.11. The summed E-state index contributed by atoms with van der Waals surface area (Å²) >= 11 is 1.64. The molecule has 72 valence electrons. The van der Waals surface area contributed by atoms with Gasteiger partial charge in [0.05, 0.1) is 4.91 Å². The molecule has 0 radical (unpaired) electrons. The Bertz CT molecular complexity index is 246. The highest BCUT2D eigenvalue weighted by atomic mass is 32.2. The van der Waals surface area contributed by atoms with Crippen molar-refractivity contribution in [3.8, 4) is 0 Å². The van der Waals surface area contributed by atoms with Crippen molar-refractivity contribution in [3.05, 3.63) is 11.5 Å². The second-order valence-electron chi connectivity index (χ2n) is 2.63. The summed E-state index contributed by atoms with van der Waals surface area (Å²) in [6, 6.07) is -0.424. The Balaban J connectivity index is 4.12. The van der Waals surface area contributed by atoms with Crippen LogP contribution in [0.5, 0.6) is 0 Å². The molecule has 0 rings (SSSR count). The summed E-state index contributed by atoms with van der Waals surface area (Å²) in [4.78, 5) is 0.136. The molecule has 0 aromatic carbocycles. The third-order valence-electron chi connectivity index (χ3n) is 1.52. The van der Waals surface area contributed by atoms with Gasteiger partial charge in [0, 0.05) is 12.3 Å². The van der Waals surface area contributed by atoms with Gasteiger partial charge in [-0.2, -0.15) is 11.8 Å². The van der Waals surface area contributed by atoms with Gasteiger partial charge in [-0.1, -0.05) is 6.58 Å². The summed E-state index contributed by atoms with van der Waals surface area (Å²) in [5.41, 5.74) is 5.60. The molecule has 0 bridgehead atoms. The molecule has 0 fully saturated rings. The second kappa shape index (κ2) is 4.89. The first-order valence-corrected chi connectivity index (χ1v) is 6.81. The van der Waals surface area contributed by atoms with Gasteiger partial charge in [0.25, 0.3) is 0 Å². The largest absolute Gasteiger partial charge is 0.323 e. The number of hydrogen-bond donors (Lipinski definition) is 1. The molecule has 0 aliphatic rings. The van der Waals surface area contributed by atoms with E-state index in [9.17, 15) is 8.42 Å². The van der Waals surface area contributed by atoms with E-state index in [1.54, 1.807) is 11.8 Å². The van der Waals surface area contributed by atoms with Crippen LogP contribution in [0.4, 0.5) is 0 Å². The van der Waals surface area contributed by atoms with Gasteiger partial charge >= 0.3 is 0 Å². The molecule has 12 heavy (non-hydrogen) atoms. The fraction of sp³-hybridized carbons (Fsp3) is 0.714. The maximum absolute atomic E-state index is 10.9. The summed E-state index contributed by atoms with van der Waals surface area (Å²) in [5, 5.41) is 0. The summed E-state index contributed by atoms with van der Waals surface area (Å²) in [5.74, 6) is 0.857. The lowest BCUT2D eigenvalue weighted by Crippen LogP contribution is -2.26. The first-order valence-electron chi connectivity index (χ1n) is 3.53. The second-order valence-corrected chi connectivity index (χ2v) is 5.68. The van der Waals surface area contributed by atoms with E-state index in [0.717, 1.165) is 12.0 Å². The highest BCUT2D eigenvalue weighted by Crippen LogP contribution is 2.10. The molecular formula is C7H15NO2S2. The van der Waals surface area contributed by atoms with Gasteiger partial charge in [-0.15, -0.1) is 0 Å². The van der Waals surface area contributed by atoms with Crippen LogP contribution >= 0.6 is 11.8 Å². The Hall–Kier alpha value is -0.0000000000000000555. The van der Waals surface area contributed by atoms with Gasteiger partial charge in [0.1, 0.15) is 0 Å². The third kappa shape index (κ3) is 4.13. The molecule has 0 aliphatic carbocycles. The molecule has 2 N–H and O–H groups in total. The molecule has 0 heterocycles. The smallest absolute Gasteiger partial charge is 0.172 e. The molecule has 0 aromatic heterocycles. The van der Waals surface area contributed by atoms with E-state index in [4.69, 9.17) is 5.73 Å². The monoisotopic (exact) mass is 209 g/mol. The minimum absolute atomic E-state index is 0.136. The molecule has 0 aromatic rings. The van der Waals surface area contributed by atoms with Crippen LogP contribution in [0.1, 0.15) is 6.42 Å². The topological polar surface area (TPSA) is 60.2 Å². The minimum atomic E-state index is -3.16. The van der Waals surface area contributed by atoms with E-state index < -0.39 is 15.9 Å². The van der Waals surface area contributed by atoms with Crippen LogP contribution in [0.25, 0.3) is 0 Å². The molecule has 0 aliphatic heterocycles. The number of nitrogens with two attached hydrogens (primary N) is 1. The molecular weight excluding hydrogens is 194 g/mol. The van der Waals surface area contributed by atoms with E-state index in [2.05, 4.69) is 6.58 Å². The average molecular weight is 209 g/mol. The normalized spacial score (nSPS) is 14.2. The van der Waals surface area contributed by atoms with E-state index in [-0.39, 0.29) is 4.91 Å². The Morgan fingerprint density at radius 1 is 1.67 bits per heavy atom. The van der Waals surface area contributed by atoms with E-state index >= 15 is 0 Å². The Kier molecular flexibility index (Phi) is 4.89. The quantitative estimate of drug-likeness (QED) is 0.721. The van der Waals surface area contributed by atoms with Crippen molar-refractivity contribution in [2.24, 2.45) is 5.73 Å². The first kappa shape index (κ1) is 12.0. The Morgan fingerprint density at radius 3 is 2.50 bits per heavy atom. The van der Waals surface area contributed by atoms with Crippen LogP contribution in [-0.4, -0.2) is 32.7 Å². The van der Waals surface area contributed by atoms with Crippen molar-refractivity contribution in [2.45, 2.75) is 12.5 Å². The highest BCUT2D eigenvalue weighted by Gasteiger charge is 2.15. The molecule has 0 saturated heterocycles. The molecule has 1 atom stereocenters. The minimum Gasteiger partial charge on any atom is -0.323 e. The zero-order valence-corrected chi connectivity index (χ0v) is 9.04. The highest BCUT2D eigenvalue weighted by molar-refractivity contribution is 7.98. The van der Waals surface area contributed by atoms with Gasteiger partial charge < -0.3 is 5.73 Å². The predicted octanol–water partition coefficient (Wildman–Crippen LogP) is 0.625. The number of thioether (sulfide) groups is 1. The lowest BCUT2D eigenvalue weighted by atomic mass is 10.2. The van der Waals surface area contributed by atoms with Crippen molar-refractivity contribution in [2.75, 3.05) is 18.3 Å². The van der Waals surface area contributed by atoms with Crippen LogP contribution in [0, 0.1) is 0 Å². The van der Waals surface area contributed by atoms with Crippen molar-refractivity contribution >= 4 is 21.6 Å². The third-order valence-corrected chi connectivity index (χ3v) is 3.42. The fourth-order valence-electron chi connectivity index (χ4n) is 0.681. The van der Waals surface area contributed by atoms with Crippen LogP contribution in [0.3, 0.4) is 0 Å². The standard InChI is InChI=1S/C7H15NO2S2/c1-6(12(3,9)10)7(8)4-5-11-2/h7H,1,4-5,8H2,2-3H3/t7-/m0/s1. The van der Waals surface area contributed by atoms with Gasteiger partial charge in [-0.25, -0.2) is 8.42 Å². The van der Waals surface area contributed by atoms with E-state index in [0.29, 0.717) is 6.42 Å². The van der Waals surface area contributed by atoms with E-state index in [1.807, 2.05) is 6.26 Å². The van der Waals surface area contributed by atoms with Gasteiger partial charge in [0.15, 0.2) is 9.84 Å². The first-order chi connectivity index (χ1) is 5.39. The number of rotatable bonds is 5. The average Bonchev–Trinajstić information content (AvgIpc) is 1.97. The number of sulfone groups is 1. The summed E-state index contributed by atoms with van der Waals surface area (Å²) in [7, 11) is -3.16. The van der Waals surface area contributed by atoms with Crippen molar-refractivity contribution in [1.82, 2.24) is 0 Å².